The Kier molecular flexibility index (Phi) is 42.0. The molecule has 0 aromatic carbocycles. The Balaban J connectivity index is 4.14. The maximum atomic E-state index is 12.8. The summed E-state index contributed by atoms with van der Waals surface area (Å²) in [6.45, 7) is 16.6. The van der Waals surface area contributed by atoms with Gasteiger partial charge in [0.1, 0.15) is 6.10 Å². The van der Waals surface area contributed by atoms with Crippen LogP contribution in [-0.2, 0) is 19.0 Å². The summed E-state index contributed by atoms with van der Waals surface area (Å²) in [5, 5.41) is 0. The highest BCUT2D eigenvalue weighted by atomic mass is 16.6. The highest BCUT2D eigenvalue weighted by Gasteiger charge is 2.17. The second-order valence-corrected chi connectivity index (χ2v) is 16.7. The lowest BCUT2D eigenvalue weighted by molar-refractivity contribution is -0.156. The fourth-order valence-electron chi connectivity index (χ4n) is 7.21. The van der Waals surface area contributed by atoms with Crippen LogP contribution in [0.1, 0.15) is 234 Å². The van der Waals surface area contributed by atoms with Crippen molar-refractivity contribution in [2.75, 3.05) is 33.0 Å². The monoisotopic (exact) mass is 762 g/mol. The molecule has 0 rings (SSSR count). The Labute approximate surface area is 338 Å². The van der Waals surface area contributed by atoms with Gasteiger partial charge in [0, 0.05) is 31.7 Å². The number of hydrogen-bond acceptors (Lipinski definition) is 5. The summed E-state index contributed by atoms with van der Waals surface area (Å²) in [6.07, 6.45) is 47.0. The van der Waals surface area contributed by atoms with Crippen LogP contribution in [0.4, 0.5) is 0 Å². The third-order valence-electron chi connectivity index (χ3n) is 10.6. The molecule has 0 bridgehead atoms. The van der Waals surface area contributed by atoms with Crippen molar-refractivity contribution in [1.29, 1.82) is 0 Å². The molecule has 0 aliphatic carbocycles. The van der Waals surface area contributed by atoms with E-state index in [2.05, 4.69) is 70.7 Å². The van der Waals surface area contributed by atoms with Gasteiger partial charge in [-0.1, -0.05) is 154 Å². The second-order valence-electron chi connectivity index (χ2n) is 16.7. The lowest BCUT2D eigenvalue weighted by Gasteiger charge is -2.30. The average molecular weight is 762 g/mol. The van der Waals surface area contributed by atoms with E-state index in [1.54, 1.807) is 0 Å². The predicted molar refractivity (Wildman–Crippen MR) is 237 cm³/mol. The van der Waals surface area contributed by atoms with Crippen LogP contribution < -0.4 is 0 Å². The van der Waals surface area contributed by atoms with E-state index in [0.29, 0.717) is 31.7 Å². The molecule has 0 aliphatic rings. The zero-order valence-corrected chi connectivity index (χ0v) is 37.4. The number of hydrogen-bond donors (Lipinski definition) is 0. The molecular weight excluding hydrogens is 667 g/mol. The van der Waals surface area contributed by atoms with Gasteiger partial charge in [-0.3, -0.25) is 9.69 Å². The maximum Gasteiger partial charge on any atom is 0.306 e. The van der Waals surface area contributed by atoms with Gasteiger partial charge in [-0.25, -0.2) is 0 Å². The fraction of sp³-hybridized carbons (Fsp3) is 0.898. The normalized spacial score (nSPS) is 12.3. The molecule has 0 saturated carbocycles. The van der Waals surface area contributed by atoms with Gasteiger partial charge in [-0.15, -0.1) is 0 Å². The third kappa shape index (κ3) is 39.1. The van der Waals surface area contributed by atoms with Gasteiger partial charge in [-0.05, 0) is 105 Å². The minimum absolute atomic E-state index is 0.130. The summed E-state index contributed by atoms with van der Waals surface area (Å²) < 4.78 is 18.0. The van der Waals surface area contributed by atoms with Gasteiger partial charge >= 0.3 is 5.97 Å². The van der Waals surface area contributed by atoms with Gasteiger partial charge in [0.25, 0.3) is 0 Å². The molecule has 5 nitrogen and oxygen atoms in total. The molecule has 0 heterocycles. The van der Waals surface area contributed by atoms with E-state index in [4.69, 9.17) is 14.2 Å². The quantitative estimate of drug-likeness (QED) is 0.0352. The van der Waals surface area contributed by atoms with Crippen LogP contribution in [0, 0.1) is 0 Å². The smallest absolute Gasteiger partial charge is 0.306 e. The van der Waals surface area contributed by atoms with Crippen LogP contribution in [0.15, 0.2) is 24.3 Å². The van der Waals surface area contributed by atoms with Crippen molar-refractivity contribution in [1.82, 2.24) is 4.90 Å². The van der Waals surface area contributed by atoms with Crippen LogP contribution in [-0.4, -0.2) is 62.0 Å². The Hall–Kier alpha value is -1.17. The fourth-order valence-corrected chi connectivity index (χ4v) is 7.21. The number of allylic oxidation sites excluding steroid dienone is 4. The number of carbonyl (C=O) groups is 1. The molecule has 0 radical (unpaired) electrons. The van der Waals surface area contributed by atoms with Crippen LogP contribution in [0.3, 0.4) is 0 Å². The maximum absolute atomic E-state index is 12.8. The number of carbonyl (C=O) groups excluding carboxylic acids is 1. The zero-order chi connectivity index (χ0) is 39.6. The first-order valence-corrected chi connectivity index (χ1v) is 23.8. The van der Waals surface area contributed by atoms with Gasteiger partial charge in [0.2, 0.25) is 0 Å². The zero-order valence-electron chi connectivity index (χ0n) is 37.4. The van der Waals surface area contributed by atoms with Crippen molar-refractivity contribution in [2.24, 2.45) is 0 Å². The van der Waals surface area contributed by atoms with E-state index in [1.807, 2.05) is 0 Å². The van der Waals surface area contributed by atoms with Crippen molar-refractivity contribution < 1.29 is 19.0 Å². The van der Waals surface area contributed by atoms with Gasteiger partial charge in [0.15, 0.2) is 0 Å². The molecular formula is C49H95NO4. The van der Waals surface area contributed by atoms with Crippen LogP contribution in [0.2, 0.25) is 0 Å². The molecule has 5 heteroatoms. The van der Waals surface area contributed by atoms with E-state index in [0.717, 1.165) is 39.0 Å². The van der Waals surface area contributed by atoms with Gasteiger partial charge < -0.3 is 14.2 Å². The summed E-state index contributed by atoms with van der Waals surface area (Å²) in [5.41, 5.74) is 0. The van der Waals surface area contributed by atoms with Crippen molar-refractivity contribution in [3.63, 3.8) is 0 Å². The Bertz CT molecular complexity index is 756. The number of ether oxygens (including phenoxy) is 3. The molecule has 0 aromatic heterocycles. The number of esters is 1. The standard InChI is InChI=1S/C49H95NO4/c1-7-9-11-13-15-17-19-21-23-25-27-29-31-33-35-37-42-52-44-48(54-49(51)40-39-41-50(46(3)4)47(5)6)45-53-43-38-36-34-32-30-28-26-24-22-20-18-16-14-12-10-8-2/h21-24,46-48H,7-20,25-45H2,1-6H3/b23-21-,24-22-. The second kappa shape index (κ2) is 43.0. The molecule has 0 N–H and O–H groups in total. The van der Waals surface area contributed by atoms with Crippen LogP contribution in [0.25, 0.3) is 0 Å². The summed E-state index contributed by atoms with van der Waals surface area (Å²) in [7, 11) is 0. The van der Waals surface area contributed by atoms with Crippen molar-refractivity contribution >= 4 is 5.97 Å². The number of nitrogens with zero attached hydrogens (tertiary/aromatic N) is 1. The van der Waals surface area contributed by atoms with Crippen molar-refractivity contribution in [3.05, 3.63) is 24.3 Å². The van der Waals surface area contributed by atoms with E-state index >= 15 is 0 Å². The summed E-state index contributed by atoms with van der Waals surface area (Å²) in [4.78, 5) is 15.2. The summed E-state index contributed by atoms with van der Waals surface area (Å²) in [6, 6.07) is 0.943. The highest BCUT2D eigenvalue weighted by Crippen LogP contribution is 2.13. The SMILES string of the molecule is CCCCCCCC/C=C\CCCCCCCCOCC(COCCCCCCCC/C=C\CCCCCCCC)OC(=O)CCCN(C(C)C)C(C)C. The van der Waals surface area contributed by atoms with Gasteiger partial charge in [0.05, 0.1) is 13.2 Å². The average Bonchev–Trinajstić information content (AvgIpc) is 3.15. The number of rotatable bonds is 43. The first-order valence-electron chi connectivity index (χ1n) is 23.8. The number of unbranched alkanes of at least 4 members (excludes halogenated alkanes) is 24. The first kappa shape index (κ1) is 52.8. The Morgan fingerprint density at radius 3 is 1.15 bits per heavy atom. The van der Waals surface area contributed by atoms with E-state index in [9.17, 15) is 4.79 Å². The molecule has 54 heavy (non-hydrogen) atoms. The largest absolute Gasteiger partial charge is 0.457 e. The molecule has 0 spiro atoms. The molecule has 320 valence electrons. The summed E-state index contributed by atoms with van der Waals surface area (Å²) >= 11 is 0. The van der Waals surface area contributed by atoms with E-state index < -0.39 is 0 Å². The molecule has 0 unspecified atom stereocenters. The molecule has 0 aliphatic heterocycles. The van der Waals surface area contributed by atoms with Crippen LogP contribution >= 0.6 is 0 Å². The van der Waals surface area contributed by atoms with Gasteiger partial charge in [-0.2, -0.15) is 0 Å². The first-order chi connectivity index (χ1) is 26.4. The Morgan fingerprint density at radius 2 is 0.796 bits per heavy atom. The van der Waals surface area contributed by atoms with Crippen molar-refractivity contribution in [3.8, 4) is 0 Å². The van der Waals surface area contributed by atoms with Crippen LogP contribution in [0.5, 0.6) is 0 Å². The van der Waals surface area contributed by atoms with E-state index in [1.165, 1.54) is 167 Å². The highest BCUT2D eigenvalue weighted by molar-refractivity contribution is 5.69. The molecule has 0 aromatic rings. The predicted octanol–water partition coefficient (Wildman–Crippen LogP) is 14.9. The summed E-state index contributed by atoms with van der Waals surface area (Å²) in [5.74, 6) is -0.130. The lowest BCUT2D eigenvalue weighted by atomic mass is 10.1. The molecule has 0 saturated heterocycles. The molecule has 0 fully saturated rings. The lowest BCUT2D eigenvalue weighted by Crippen LogP contribution is -2.38. The molecule has 0 amide bonds. The van der Waals surface area contributed by atoms with E-state index in [-0.39, 0.29) is 12.1 Å². The molecule has 0 atom stereocenters. The Morgan fingerprint density at radius 1 is 0.463 bits per heavy atom. The third-order valence-corrected chi connectivity index (χ3v) is 10.6. The minimum atomic E-state index is -0.327. The topological polar surface area (TPSA) is 48.0 Å². The minimum Gasteiger partial charge on any atom is -0.457 e. The van der Waals surface area contributed by atoms with Crippen molar-refractivity contribution in [2.45, 2.75) is 252 Å².